The Bertz CT molecular complexity index is 2820. The minimum Gasteiger partial charge on any atom is -0.292 e. The summed E-state index contributed by atoms with van der Waals surface area (Å²) in [5.41, 5.74) is 11.6. The highest BCUT2D eigenvalue weighted by atomic mass is 15.1. The van der Waals surface area contributed by atoms with E-state index in [1.807, 2.05) is 0 Å². The lowest BCUT2D eigenvalue weighted by Crippen LogP contribution is -1.98. The predicted molar refractivity (Wildman–Crippen MR) is 215 cm³/mol. The monoisotopic (exact) mass is 648 g/mol. The number of nitrogens with zero attached hydrogens (tertiary/aromatic N) is 2. The van der Waals surface area contributed by atoms with Crippen LogP contribution in [0.3, 0.4) is 0 Å². The number of para-hydroxylation sites is 2. The number of aromatic nitrogens is 2. The van der Waals surface area contributed by atoms with Crippen molar-refractivity contribution in [2.45, 2.75) is 0 Å². The maximum atomic E-state index is 5.14. The Labute approximate surface area is 296 Å². The van der Waals surface area contributed by atoms with Gasteiger partial charge in [0.1, 0.15) is 5.82 Å². The number of hydrogen-bond acceptors (Lipinski definition) is 1. The van der Waals surface area contributed by atoms with Crippen LogP contribution in [-0.4, -0.2) is 9.55 Å². The van der Waals surface area contributed by atoms with E-state index in [4.69, 9.17) is 4.98 Å². The van der Waals surface area contributed by atoms with Gasteiger partial charge in [0, 0.05) is 11.3 Å². The lowest BCUT2D eigenvalue weighted by atomic mass is 9.85. The Hall–Kier alpha value is -6.77. The van der Waals surface area contributed by atoms with Gasteiger partial charge in [-0.3, -0.25) is 4.57 Å². The second kappa shape index (κ2) is 12.0. The van der Waals surface area contributed by atoms with Gasteiger partial charge in [-0.2, -0.15) is 0 Å². The molecule has 10 aromatic rings. The van der Waals surface area contributed by atoms with Crippen molar-refractivity contribution in [2.24, 2.45) is 0 Å². The average Bonchev–Trinajstić information content (AvgIpc) is 3.60. The third kappa shape index (κ3) is 4.92. The first-order valence-corrected chi connectivity index (χ1v) is 17.5. The topological polar surface area (TPSA) is 17.8 Å². The molecule has 2 heteroatoms. The van der Waals surface area contributed by atoms with Gasteiger partial charge in [0.15, 0.2) is 0 Å². The maximum absolute atomic E-state index is 5.14. The highest BCUT2D eigenvalue weighted by Crippen LogP contribution is 2.44. The third-order valence-electron chi connectivity index (χ3n) is 10.2. The summed E-state index contributed by atoms with van der Waals surface area (Å²) in [6, 6.07) is 69.9. The van der Waals surface area contributed by atoms with E-state index in [0.717, 1.165) is 28.1 Å². The van der Waals surface area contributed by atoms with E-state index in [9.17, 15) is 0 Å². The molecule has 0 saturated carbocycles. The molecule has 0 aliphatic heterocycles. The highest BCUT2D eigenvalue weighted by Gasteiger charge is 2.18. The van der Waals surface area contributed by atoms with Gasteiger partial charge in [0.05, 0.1) is 11.0 Å². The number of rotatable bonds is 5. The molecule has 2 nitrogen and oxygen atoms in total. The Morgan fingerprint density at radius 1 is 0.333 bits per heavy atom. The zero-order valence-electron chi connectivity index (χ0n) is 27.9. The Balaban J connectivity index is 1.12. The van der Waals surface area contributed by atoms with Crippen molar-refractivity contribution in [3.8, 4) is 50.5 Å². The van der Waals surface area contributed by atoms with Gasteiger partial charge in [0.2, 0.25) is 0 Å². The second-order valence-electron chi connectivity index (χ2n) is 13.2. The average molecular weight is 649 g/mol. The number of benzene rings is 9. The SMILES string of the molecule is c1ccc(-c2ccc(-c3nc4ccccc4n3-c3ccc(-c4c5ccccc5c(-c5ccc6ccccc6c5)c5ccccc45)cc3)cc2)cc1. The van der Waals surface area contributed by atoms with Gasteiger partial charge >= 0.3 is 0 Å². The quantitative estimate of drug-likeness (QED) is 0.170. The van der Waals surface area contributed by atoms with Gasteiger partial charge in [-0.25, -0.2) is 4.98 Å². The standard InChI is InChI=1S/C49H32N2/c1-2-12-33(13-3-1)35-22-25-37(26-23-35)49-50-45-20-10-11-21-46(45)51(49)40-30-28-36(29-31-40)47-41-16-6-8-18-43(41)48(44-19-9-7-17-42(44)47)39-27-24-34-14-4-5-15-38(34)32-39/h1-32H. The number of imidazole rings is 1. The Kier molecular flexibility index (Phi) is 6.85. The molecule has 0 radical (unpaired) electrons. The van der Waals surface area contributed by atoms with Gasteiger partial charge in [-0.15, -0.1) is 0 Å². The normalized spacial score (nSPS) is 11.5. The van der Waals surface area contributed by atoms with Gasteiger partial charge < -0.3 is 0 Å². The van der Waals surface area contributed by atoms with Gasteiger partial charge in [-0.1, -0.05) is 164 Å². The molecule has 10 rings (SSSR count). The lowest BCUT2D eigenvalue weighted by Gasteiger charge is -2.18. The Morgan fingerprint density at radius 3 is 1.51 bits per heavy atom. The lowest BCUT2D eigenvalue weighted by molar-refractivity contribution is 1.10. The minimum atomic E-state index is 0.930. The summed E-state index contributed by atoms with van der Waals surface area (Å²) in [4.78, 5) is 5.14. The van der Waals surface area contributed by atoms with E-state index in [1.54, 1.807) is 0 Å². The molecule has 0 aliphatic rings. The smallest absolute Gasteiger partial charge is 0.145 e. The molecule has 0 unspecified atom stereocenters. The van der Waals surface area contributed by atoms with Crippen molar-refractivity contribution >= 4 is 43.4 Å². The molecule has 0 amide bonds. The van der Waals surface area contributed by atoms with Crippen LogP contribution in [0, 0.1) is 0 Å². The van der Waals surface area contributed by atoms with Crippen LogP contribution in [0.25, 0.3) is 93.8 Å². The molecule has 238 valence electrons. The predicted octanol–water partition coefficient (Wildman–Crippen LogP) is 13.2. The molecule has 0 atom stereocenters. The van der Waals surface area contributed by atoms with Crippen molar-refractivity contribution < 1.29 is 0 Å². The fraction of sp³-hybridized carbons (Fsp3) is 0. The van der Waals surface area contributed by atoms with Gasteiger partial charge in [-0.05, 0) is 96.0 Å². The Morgan fingerprint density at radius 2 is 0.824 bits per heavy atom. The van der Waals surface area contributed by atoms with Crippen LogP contribution in [0.2, 0.25) is 0 Å². The molecule has 0 bridgehead atoms. The van der Waals surface area contributed by atoms with Crippen LogP contribution in [0.15, 0.2) is 194 Å². The van der Waals surface area contributed by atoms with Crippen molar-refractivity contribution in [1.29, 1.82) is 0 Å². The van der Waals surface area contributed by atoms with E-state index in [2.05, 4.69) is 199 Å². The molecule has 0 spiro atoms. The molecule has 1 heterocycles. The first-order chi connectivity index (χ1) is 25.3. The summed E-state index contributed by atoms with van der Waals surface area (Å²) in [6.07, 6.45) is 0. The van der Waals surface area contributed by atoms with E-state index < -0.39 is 0 Å². The van der Waals surface area contributed by atoms with Gasteiger partial charge in [0.25, 0.3) is 0 Å². The fourth-order valence-corrected chi connectivity index (χ4v) is 7.80. The zero-order valence-corrected chi connectivity index (χ0v) is 27.9. The molecular formula is C49H32N2. The second-order valence-corrected chi connectivity index (χ2v) is 13.2. The van der Waals surface area contributed by atoms with Crippen LogP contribution >= 0.6 is 0 Å². The van der Waals surface area contributed by atoms with E-state index in [0.29, 0.717) is 0 Å². The summed E-state index contributed by atoms with van der Waals surface area (Å²) in [5, 5.41) is 7.52. The molecular weight excluding hydrogens is 617 g/mol. The maximum Gasteiger partial charge on any atom is 0.145 e. The fourth-order valence-electron chi connectivity index (χ4n) is 7.80. The molecule has 9 aromatic carbocycles. The molecule has 0 saturated heterocycles. The minimum absolute atomic E-state index is 0.930. The van der Waals surface area contributed by atoms with Crippen LogP contribution in [0.1, 0.15) is 0 Å². The molecule has 51 heavy (non-hydrogen) atoms. The largest absolute Gasteiger partial charge is 0.292 e. The van der Waals surface area contributed by atoms with Crippen molar-refractivity contribution in [2.75, 3.05) is 0 Å². The van der Waals surface area contributed by atoms with E-state index in [1.165, 1.54) is 65.7 Å². The number of hydrogen-bond donors (Lipinski definition) is 0. The highest BCUT2D eigenvalue weighted by molar-refractivity contribution is 6.21. The summed E-state index contributed by atoms with van der Waals surface area (Å²) in [5.74, 6) is 0.930. The van der Waals surface area contributed by atoms with Crippen molar-refractivity contribution in [1.82, 2.24) is 9.55 Å². The number of fused-ring (bicyclic) bond motifs is 4. The molecule has 1 aromatic heterocycles. The molecule has 0 N–H and O–H groups in total. The molecule has 0 fully saturated rings. The van der Waals surface area contributed by atoms with Crippen LogP contribution < -0.4 is 0 Å². The summed E-state index contributed by atoms with van der Waals surface area (Å²) in [7, 11) is 0. The first-order valence-electron chi connectivity index (χ1n) is 17.5. The van der Waals surface area contributed by atoms with Crippen LogP contribution in [-0.2, 0) is 0 Å². The first kappa shape index (κ1) is 29.2. The van der Waals surface area contributed by atoms with Crippen molar-refractivity contribution in [3.05, 3.63) is 194 Å². The van der Waals surface area contributed by atoms with Crippen LogP contribution in [0.5, 0.6) is 0 Å². The summed E-state index contributed by atoms with van der Waals surface area (Å²) >= 11 is 0. The van der Waals surface area contributed by atoms with Crippen molar-refractivity contribution in [3.63, 3.8) is 0 Å². The van der Waals surface area contributed by atoms with E-state index >= 15 is 0 Å². The third-order valence-corrected chi connectivity index (χ3v) is 10.2. The summed E-state index contributed by atoms with van der Waals surface area (Å²) < 4.78 is 2.29. The zero-order chi connectivity index (χ0) is 33.7. The summed E-state index contributed by atoms with van der Waals surface area (Å²) in [6.45, 7) is 0. The molecule has 0 aliphatic carbocycles. The van der Waals surface area contributed by atoms with E-state index in [-0.39, 0.29) is 0 Å². The van der Waals surface area contributed by atoms with Crippen LogP contribution in [0.4, 0.5) is 0 Å².